The number of Topliss-reactive ketones (excluding diaryl/α,β-unsaturated/α-hetero) is 1. The number of carbonyl (C=O) groups is 3. The van der Waals surface area contributed by atoms with Gasteiger partial charge in [-0.3, -0.25) is 14.4 Å². The van der Waals surface area contributed by atoms with Gasteiger partial charge in [0.25, 0.3) is 5.91 Å². The number of ether oxygens (including phenoxy) is 1. The maximum absolute atomic E-state index is 12.7. The Morgan fingerprint density at radius 1 is 0.800 bits per heavy atom. The third kappa shape index (κ3) is 5.54. The second-order valence-corrected chi connectivity index (χ2v) is 6.57. The Kier molecular flexibility index (Phi) is 6.95. The summed E-state index contributed by atoms with van der Waals surface area (Å²) < 4.78 is 5.16. The first-order chi connectivity index (χ1) is 14.6. The van der Waals surface area contributed by atoms with E-state index in [2.05, 4.69) is 10.6 Å². The third-order valence-corrected chi connectivity index (χ3v) is 4.45. The number of amides is 2. The number of nitrogens with one attached hydrogen (secondary N) is 2. The first kappa shape index (κ1) is 20.8. The molecule has 0 atom stereocenters. The van der Waals surface area contributed by atoms with Crippen molar-refractivity contribution in [1.29, 1.82) is 0 Å². The van der Waals surface area contributed by atoms with Crippen molar-refractivity contribution >= 4 is 29.0 Å². The fourth-order valence-electron chi connectivity index (χ4n) is 2.90. The standard InChI is InChI=1S/C24H22N2O4/c1-30-19-11-7-10-18(16-19)25-24(29)20-12-5-6-13-21(20)26-23(28)15-14-22(27)17-8-3-2-4-9-17/h2-13,16H,14-15H2,1H3,(H,25,29)(H,26,28). The van der Waals surface area contributed by atoms with Gasteiger partial charge in [0, 0.05) is 30.2 Å². The molecular formula is C24H22N2O4. The average molecular weight is 402 g/mol. The summed E-state index contributed by atoms with van der Waals surface area (Å²) in [6.07, 6.45) is 0.119. The molecule has 6 nitrogen and oxygen atoms in total. The van der Waals surface area contributed by atoms with Crippen LogP contribution in [0.25, 0.3) is 0 Å². The minimum absolute atomic E-state index is 0.0273. The first-order valence-corrected chi connectivity index (χ1v) is 9.49. The fourth-order valence-corrected chi connectivity index (χ4v) is 2.90. The van der Waals surface area contributed by atoms with Gasteiger partial charge in [0.15, 0.2) is 5.78 Å². The van der Waals surface area contributed by atoms with Crippen LogP contribution in [0, 0.1) is 0 Å². The molecule has 30 heavy (non-hydrogen) atoms. The summed E-state index contributed by atoms with van der Waals surface area (Å²) in [6, 6.07) is 22.6. The Labute approximate surface area is 174 Å². The highest BCUT2D eigenvalue weighted by Crippen LogP contribution is 2.21. The molecule has 2 N–H and O–H groups in total. The van der Waals surface area contributed by atoms with Gasteiger partial charge in [-0.1, -0.05) is 48.5 Å². The van der Waals surface area contributed by atoms with Gasteiger partial charge in [0.05, 0.1) is 18.4 Å². The van der Waals surface area contributed by atoms with E-state index in [1.807, 2.05) is 6.07 Å². The molecule has 6 heteroatoms. The van der Waals surface area contributed by atoms with Crippen LogP contribution in [0.2, 0.25) is 0 Å². The van der Waals surface area contributed by atoms with Gasteiger partial charge >= 0.3 is 0 Å². The molecule has 0 bridgehead atoms. The lowest BCUT2D eigenvalue weighted by Gasteiger charge is -2.12. The van der Waals surface area contributed by atoms with Gasteiger partial charge in [0.1, 0.15) is 5.75 Å². The van der Waals surface area contributed by atoms with Gasteiger partial charge in [-0.15, -0.1) is 0 Å². The van der Waals surface area contributed by atoms with Crippen LogP contribution in [-0.2, 0) is 4.79 Å². The summed E-state index contributed by atoms with van der Waals surface area (Å²) >= 11 is 0. The molecular weight excluding hydrogens is 380 g/mol. The quantitative estimate of drug-likeness (QED) is 0.542. The summed E-state index contributed by atoms with van der Waals surface area (Å²) in [7, 11) is 1.55. The van der Waals surface area contributed by atoms with E-state index in [-0.39, 0.29) is 30.4 Å². The summed E-state index contributed by atoms with van der Waals surface area (Å²) in [5, 5.41) is 5.52. The molecule has 0 saturated carbocycles. The van der Waals surface area contributed by atoms with Crippen molar-refractivity contribution in [3.8, 4) is 5.75 Å². The van der Waals surface area contributed by atoms with Crippen molar-refractivity contribution in [1.82, 2.24) is 0 Å². The molecule has 0 aromatic heterocycles. The van der Waals surface area contributed by atoms with Crippen LogP contribution < -0.4 is 15.4 Å². The van der Waals surface area contributed by atoms with Crippen molar-refractivity contribution in [3.05, 3.63) is 90.0 Å². The van der Waals surface area contributed by atoms with Crippen molar-refractivity contribution in [2.45, 2.75) is 12.8 Å². The van der Waals surface area contributed by atoms with E-state index in [1.165, 1.54) is 0 Å². The number of carbonyl (C=O) groups excluding carboxylic acids is 3. The SMILES string of the molecule is COc1cccc(NC(=O)c2ccccc2NC(=O)CCC(=O)c2ccccc2)c1. The maximum atomic E-state index is 12.7. The lowest BCUT2D eigenvalue weighted by molar-refractivity contribution is -0.116. The van der Waals surface area contributed by atoms with Gasteiger partial charge in [-0.25, -0.2) is 0 Å². The number of hydrogen-bond acceptors (Lipinski definition) is 4. The first-order valence-electron chi connectivity index (χ1n) is 9.49. The van der Waals surface area contributed by atoms with Crippen molar-refractivity contribution in [3.63, 3.8) is 0 Å². The predicted molar refractivity (Wildman–Crippen MR) is 116 cm³/mol. The molecule has 3 rings (SSSR count). The van der Waals surface area contributed by atoms with Crippen LogP contribution in [0.3, 0.4) is 0 Å². The zero-order valence-corrected chi connectivity index (χ0v) is 16.6. The Morgan fingerprint density at radius 2 is 1.53 bits per heavy atom. The third-order valence-electron chi connectivity index (χ3n) is 4.45. The molecule has 0 fully saturated rings. The molecule has 0 unspecified atom stereocenters. The lowest BCUT2D eigenvalue weighted by Crippen LogP contribution is -2.18. The summed E-state index contributed by atoms with van der Waals surface area (Å²) in [5.74, 6) is -0.173. The minimum Gasteiger partial charge on any atom is -0.497 e. The Morgan fingerprint density at radius 3 is 2.30 bits per heavy atom. The van der Waals surface area contributed by atoms with E-state index < -0.39 is 0 Å². The van der Waals surface area contributed by atoms with E-state index >= 15 is 0 Å². The minimum atomic E-state index is -0.362. The van der Waals surface area contributed by atoms with E-state index in [0.717, 1.165) is 0 Å². The molecule has 3 aromatic rings. The molecule has 0 radical (unpaired) electrons. The fraction of sp³-hybridized carbons (Fsp3) is 0.125. The highest BCUT2D eigenvalue weighted by atomic mass is 16.5. The Balaban J connectivity index is 1.63. The molecule has 0 aliphatic heterocycles. The molecule has 3 aromatic carbocycles. The number of para-hydroxylation sites is 1. The van der Waals surface area contributed by atoms with Crippen molar-refractivity contribution < 1.29 is 19.1 Å². The molecule has 0 heterocycles. The van der Waals surface area contributed by atoms with Crippen molar-refractivity contribution in [2.75, 3.05) is 17.7 Å². The molecule has 0 spiro atoms. The highest BCUT2D eigenvalue weighted by molar-refractivity contribution is 6.10. The molecule has 152 valence electrons. The van der Waals surface area contributed by atoms with Gasteiger partial charge in [-0.05, 0) is 24.3 Å². The molecule has 0 saturated heterocycles. The number of benzene rings is 3. The zero-order chi connectivity index (χ0) is 21.3. The Bertz CT molecular complexity index is 1050. The number of anilines is 2. The summed E-state index contributed by atoms with van der Waals surface area (Å²) in [4.78, 5) is 37.2. The molecule has 2 amide bonds. The average Bonchev–Trinajstić information content (AvgIpc) is 2.78. The van der Waals surface area contributed by atoms with E-state index in [9.17, 15) is 14.4 Å². The van der Waals surface area contributed by atoms with E-state index in [4.69, 9.17) is 4.74 Å². The number of methoxy groups -OCH3 is 1. The Hall–Kier alpha value is -3.93. The van der Waals surface area contributed by atoms with Gasteiger partial charge in [0.2, 0.25) is 5.91 Å². The number of ketones is 1. The normalized spacial score (nSPS) is 10.2. The monoisotopic (exact) mass is 402 g/mol. The summed E-state index contributed by atoms with van der Waals surface area (Å²) in [6.45, 7) is 0. The number of rotatable bonds is 8. The van der Waals surface area contributed by atoms with E-state index in [0.29, 0.717) is 28.3 Å². The van der Waals surface area contributed by atoms with E-state index in [1.54, 1.807) is 79.9 Å². The van der Waals surface area contributed by atoms with Crippen LogP contribution in [0.4, 0.5) is 11.4 Å². The second-order valence-electron chi connectivity index (χ2n) is 6.57. The predicted octanol–water partition coefficient (Wildman–Crippen LogP) is 4.55. The number of hydrogen-bond donors (Lipinski definition) is 2. The smallest absolute Gasteiger partial charge is 0.257 e. The topological polar surface area (TPSA) is 84.5 Å². The van der Waals surface area contributed by atoms with Gasteiger partial charge < -0.3 is 15.4 Å². The molecule has 0 aliphatic rings. The zero-order valence-electron chi connectivity index (χ0n) is 16.6. The second kappa shape index (κ2) is 10.0. The van der Waals surface area contributed by atoms with Crippen LogP contribution in [-0.4, -0.2) is 24.7 Å². The maximum Gasteiger partial charge on any atom is 0.257 e. The molecule has 0 aliphatic carbocycles. The van der Waals surface area contributed by atoms with Crippen LogP contribution >= 0.6 is 0 Å². The van der Waals surface area contributed by atoms with Crippen LogP contribution in [0.5, 0.6) is 5.75 Å². The van der Waals surface area contributed by atoms with Crippen LogP contribution in [0.1, 0.15) is 33.6 Å². The summed E-state index contributed by atoms with van der Waals surface area (Å²) in [5.41, 5.74) is 1.86. The largest absolute Gasteiger partial charge is 0.497 e. The van der Waals surface area contributed by atoms with Gasteiger partial charge in [-0.2, -0.15) is 0 Å². The van der Waals surface area contributed by atoms with Crippen LogP contribution in [0.15, 0.2) is 78.9 Å². The van der Waals surface area contributed by atoms with Crippen molar-refractivity contribution in [2.24, 2.45) is 0 Å². The lowest BCUT2D eigenvalue weighted by atomic mass is 10.1. The highest BCUT2D eigenvalue weighted by Gasteiger charge is 2.15.